The Morgan fingerprint density at radius 2 is 1.94 bits per heavy atom. The fourth-order valence-corrected chi connectivity index (χ4v) is 1.67. The van der Waals surface area contributed by atoms with Crippen LogP contribution in [0, 0.1) is 0 Å². The highest BCUT2D eigenvalue weighted by Gasteiger charge is 2.23. The molecule has 0 aromatic carbocycles. The lowest BCUT2D eigenvalue weighted by Crippen LogP contribution is -2.52. The van der Waals surface area contributed by atoms with E-state index in [0.29, 0.717) is 13.1 Å². The Kier molecular flexibility index (Phi) is 7.43. The summed E-state index contributed by atoms with van der Waals surface area (Å²) in [5, 5.41) is 16.1. The van der Waals surface area contributed by atoms with Crippen molar-refractivity contribution < 1.29 is 9.90 Å². The maximum atomic E-state index is 11.8. The molecule has 0 aliphatic carbocycles. The molecule has 0 aliphatic heterocycles. The second-order valence-electron chi connectivity index (χ2n) is 5.66. The SMILES string of the molecule is CCC(C)NC(=O)C(C)NCC(C)(O)CN(C)C. The van der Waals surface area contributed by atoms with Crippen LogP contribution in [-0.2, 0) is 4.79 Å². The highest BCUT2D eigenvalue weighted by Crippen LogP contribution is 2.03. The first-order valence-electron chi connectivity index (χ1n) is 6.59. The molecule has 3 N–H and O–H groups in total. The van der Waals surface area contributed by atoms with E-state index in [-0.39, 0.29) is 18.0 Å². The van der Waals surface area contributed by atoms with E-state index in [1.807, 2.05) is 39.8 Å². The monoisotopic (exact) mass is 259 g/mol. The number of hydrogen-bond donors (Lipinski definition) is 3. The van der Waals surface area contributed by atoms with E-state index in [4.69, 9.17) is 0 Å². The van der Waals surface area contributed by atoms with Crippen molar-refractivity contribution in [2.45, 2.75) is 51.8 Å². The number of nitrogens with zero attached hydrogens (tertiary/aromatic N) is 1. The van der Waals surface area contributed by atoms with E-state index in [1.165, 1.54) is 0 Å². The molecule has 0 aliphatic rings. The summed E-state index contributed by atoms with van der Waals surface area (Å²) in [7, 11) is 3.82. The lowest BCUT2D eigenvalue weighted by atomic mass is 10.1. The Morgan fingerprint density at radius 1 is 1.39 bits per heavy atom. The number of aliphatic hydroxyl groups is 1. The lowest BCUT2D eigenvalue weighted by Gasteiger charge is -2.28. The van der Waals surface area contributed by atoms with Crippen LogP contribution >= 0.6 is 0 Å². The predicted molar refractivity (Wildman–Crippen MR) is 74.5 cm³/mol. The molecule has 18 heavy (non-hydrogen) atoms. The van der Waals surface area contributed by atoms with E-state index in [9.17, 15) is 9.90 Å². The quantitative estimate of drug-likeness (QED) is 0.582. The van der Waals surface area contributed by atoms with Crippen LogP contribution < -0.4 is 10.6 Å². The van der Waals surface area contributed by atoms with Gasteiger partial charge in [-0.2, -0.15) is 0 Å². The van der Waals surface area contributed by atoms with Crippen molar-refractivity contribution in [3.8, 4) is 0 Å². The Bertz CT molecular complexity index is 255. The van der Waals surface area contributed by atoms with Gasteiger partial charge >= 0.3 is 0 Å². The molecule has 0 rings (SSSR count). The minimum Gasteiger partial charge on any atom is -0.388 e. The molecule has 0 fully saturated rings. The van der Waals surface area contributed by atoms with Gasteiger partial charge in [-0.3, -0.25) is 4.79 Å². The maximum Gasteiger partial charge on any atom is 0.237 e. The van der Waals surface area contributed by atoms with Crippen LogP contribution in [0.25, 0.3) is 0 Å². The minimum absolute atomic E-state index is 0.0231. The van der Waals surface area contributed by atoms with Crippen molar-refractivity contribution in [2.75, 3.05) is 27.2 Å². The van der Waals surface area contributed by atoms with Gasteiger partial charge in [-0.25, -0.2) is 0 Å². The third-order valence-corrected chi connectivity index (χ3v) is 2.84. The van der Waals surface area contributed by atoms with Gasteiger partial charge in [0.1, 0.15) is 0 Å². The Labute approximate surface area is 111 Å². The van der Waals surface area contributed by atoms with Gasteiger partial charge in [-0.05, 0) is 41.3 Å². The zero-order valence-corrected chi connectivity index (χ0v) is 12.6. The van der Waals surface area contributed by atoms with Crippen LogP contribution in [0.5, 0.6) is 0 Å². The molecule has 0 aromatic heterocycles. The normalized spacial score (nSPS) is 18.2. The van der Waals surface area contributed by atoms with Crippen molar-refractivity contribution in [1.29, 1.82) is 0 Å². The molecule has 5 nitrogen and oxygen atoms in total. The van der Waals surface area contributed by atoms with Gasteiger partial charge in [0.2, 0.25) is 5.91 Å². The topological polar surface area (TPSA) is 64.6 Å². The highest BCUT2D eigenvalue weighted by molar-refractivity contribution is 5.81. The molecule has 3 unspecified atom stereocenters. The summed E-state index contributed by atoms with van der Waals surface area (Å²) in [4.78, 5) is 13.7. The highest BCUT2D eigenvalue weighted by atomic mass is 16.3. The molecule has 0 saturated carbocycles. The van der Waals surface area contributed by atoms with E-state index < -0.39 is 5.60 Å². The smallest absolute Gasteiger partial charge is 0.237 e. The number of carbonyl (C=O) groups is 1. The van der Waals surface area contributed by atoms with Gasteiger partial charge < -0.3 is 20.6 Å². The van der Waals surface area contributed by atoms with Crippen molar-refractivity contribution >= 4 is 5.91 Å². The van der Waals surface area contributed by atoms with Crippen LogP contribution in [0.1, 0.15) is 34.1 Å². The molecule has 0 aromatic rings. The third-order valence-electron chi connectivity index (χ3n) is 2.84. The van der Waals surface area contributed by atoms with Gasteiger partial charge in [0, 0.05) is 19.1 Å². The number of hydrogen-bond acceptors (Lipinski definition) is 4. The molecule has 0 radical (unpaired) electrons. The summed E-state index contributed by atoms with van der Waals surface area (Å²) < 4.78 is 0. The second-order valence-corrected chi connectivity index (χ2v) is 5.66. The number of nitrogens with one attached hydrogen (secondary N) is 2. The number of carbonyl (C=O) groups excluding carboxylic acids is 1. The van der Waals surface area contributed by atoms with Gasteiger partial charge in [0.05, 0.1) is 11.6 Å². The van der Waals surface area contributed by atoms with Gasteiger partial charge in [-0.15, -0.1) is 0 Å². The summed E-state index contributed by atoms with van der Waals surface area (Å²) >= 11 is 0. The van der Waals surface area contributed by atoms with E-state index in [2.05, 4.69) is 10.6 Å². The van der Waals surface area contributed by atoms with E-state index >= 15 is 0 Å². The zero-order chi connectivity index (χ0) is 14.3. The second kappa shape index (κ2) is 7.71. The van der Waals surface area contributed by atoms with Crippen molar-refractivity contribution in [3.05, 3.63) is 0 Å². The van der Waals surface area contributed by atoms with Crippen LogP contribution in [0.15, 0.2) is 0 Å². The molecule has 5 heteroatoms. The maximum absolute atomic E-state index is 11.8. The molecular formula is C13H29N3O2. The Morgan fingerprint density at radius 3 is 2.39 bits per heavy atom. The van der Waals surface area contributed by atoms with Crippen LogP contribution in [0.2, 0.25) is 0 Å². The summed E-state index contributed by atoms with van der Waals surface area (Å²) in [6.07, 6.45) is 0.913. The van der Waals surface area contributed by atoms with Gasteiger partial charge in [0.15, 0.2) is 0 Å². The average Bonchev–Trinajstić information content (AvgIpc) is 2.23. The molecule has 0 heterocycles. The molecule has 0 spiro atoms. The number of amides is 1. The first-order valence-corrected chi connectivity index (χ1v) is 6.59. The molecule has 0 saturated heterocycles. The fourth-order valence-electron chi connectivity index (χ4n) is 1.67. The summed E-state index contributed by atoms with van der Waals surface area (Å²) in [5.41, 5.74) is -0.839. The zero-order valence-electron chi connectivity index (χ0n) is 12.6. The first kappa shape index (κ1) is 17.4. The van der Waals surface area contributed by atoms with Crippen molar-refractivity contribution in [2.24, 2.45) is 0 Å². The molecule has 3 atom stereocenters. The van der Waals surface area contributed by atoms with Crippen LogP contribution in [0.4, 0.5) is 0 Å². The average molecular weight is 259 g/mol. The number of rotatable bonds is 8. The van der Waals surface area contributed by atoms with E-state index in [1.54, 1.807) is 6.92 Å². The van der Waals surface area contributed by atoms with Crippen LogP contribution in [0.3, 0.4) is 0 Å². The minimum atomic E-state index is -0.839. The summed E-state index contributed by atoms with van der Waals surface area (Å²) in [6, 6.07) is -0.114. The Balaban J connectivity index is 4.08. The van der Waals surface area contributed by atoms with E-state index in [0.717, 1.165) is 6.42 Å². The number of likely N-dealkylation sites (N-methyl/N-ethyl adjacent to an activating group) is 1. The third kappa shape index (κ3) is 7.63. The van der Waals surface area contributed by atoms with Gasteiger partial charge in [0.25, 0.3) is 0 Å². The Hall–Kier alpha value is -0.650. The standard InChI is InChI=1S/C13H29N3O2/c1-7-10(2)15-12(17)11(3)14-8-13(4,18)9-16(5)6/h10-11,14,18H,7-9H2,1-6H3,(H,15,17). The van der Waals surface area contributed by atoms with Gasteiger partial charge in [-0.1, -0.05) is 6.92 Å². The largest absolute Gasteiger partial charge is 0.388 e. The lowest BCUT2D eigenvalue weighted by molar-refractivity contribution is -0.123. The summed E-state index contributed by atoms with van der Waals surface area (Å²) in [5.74, 6) is -0.0231. The van der Waals surface area contributed by atoms with Crippen molar-refractivity contribution in [3.63, 3.8) is 0 Å². The summed E-state index contributed by atoms with van der Waals surface area (Å²) in [6.45, 7) is 8.53. The van der Waals surface area contributed by atoms with Crippen molar-refractivity contribution in [1.82, 2.24) is 15.5 Å². The molecule has 108 valence electrons. The fraction of sp³-hybridized carbons (Fsp3) is 0.923. The first-order chi connectivity index (χ1) is 8.18. The predicted octanol–water partition coefficient (Wildman–Crippen LogP) is 0.192. The molecule has 1 amide bonds. The van der Waals surface area contributed by atoms with Crippen LogP contribution in [-0.4, -0.2) is 60.8 Å². The molecule has 0 bridgehead atoms. The molecular weight excluding hydrogens is 230 g/mol.